The quantitative estimate of drug-likeness (QED) is 0.355. The van der Waals surface area contributed by atoms with Crippen molar-refractivity contribution in [2.24, 2.45) is 0 Å². The van der Waals surface area contributed by atoms with Gasteiger partial charge >= 0.3 is 5.97 Å². The van der Waals surface area contributed by atoms with Gasteiger partial charge in [0.25, 0.3) is 5.91 Å². The van der Waals surface area contributed by atoms with Crippen LogP contribution >= 0.6 is 11.9 Å². The Morgan fingerprint density at radius 2 is 2.17 bits per heavy atom. The second kappa shape index (κ2) is 10.7. The molecule has 0 saturated carbocycles. The van der Waals surface area contributed by atoms with Crippen molar-refractivity contribution in [3.05, 3.63) is 35.4 Å². The van der Waals surface area contributed by atoms with Crippen LogP contribution in [-0.4, -0.2) is 49.2 Å². The number of methoxy groups -OCH3 is 1. The van der Waals surface area contributed by atoms with Gasteiger partial charge in [-0.15, -0.1) is 0 Å². The Kier molecular flexibility index (Phi) is 8.98. The van der Waals surface area contributed by atoms with E-state index in [0.717, 1.165) is 24.9 Å². The Bertz CT molecular complexity index is 622. The third-order valence-corrected chi connectivity index (χ3v) is 4.15. The van der Waals surface area contributed by atoms with Crippen molar-refractivity contribution in [1.82, 2.24) is 9.62 Å². The van der Waals surface area contributed by atoms with Gasteiger partial charge in [0, 0.05) is 24.1 Å². The van der Waals surface area contributed by atoms with Gasteiger partial charge in [-0.05, 0) is 44.8 Å². The second-order valence-electron chi connectivity index (χ2n) is 5.24. The standard InChI is InChI=1S/C18H24N2O3S/c1-14(18(22)23-3)19-17(21)16-11-8-10-15(13-16)9-6-5-7-12-20(2)24-4/h8,10-11,13-14H,5,7,12H2,1-4H3,(H,19,21)/t14-/m1/s1. The molecule has 0 saturated heterocycles. The van der Waals surface area contributed by atoms with Gasteiger partial charge in [-0.3, -0.25) is 9.10 Å². The summed E-state index contributed by atoms with van der Waals surface area (Å²) in [7, 11) is 3.34. The number of nitrogens with zero attached hydrogens (tertiary/aromatic N) is 1. The van der Waals surface area contributed by atoms with Gasteiger partial charge in [-0.2, -0.15) is 0 Å². The number of nitrogens with one attached hydrogen (secondary N) is 1. The van der Waals surface area contributed by atoms with Crippen LogP contribution in [0.4, 0.5) is 0 Å². The first kappa shape index (κ1) is 20.1. The van der Waals surface area contributed by atoms with Gasteiger partial charge in [0.15, 0.2) is 0 Å². The molecule has 130 valence electrons. The highest BCUT2D eigenvalue weighted by atomic mass is 32.2. The average molecular weight is 348 g/mol. The smallest absolute Gasteiger partial charge is 0.328 e. The summed E-state index contributed by atoms with van der Waals surface area (Å²) in [5.41, 5.74) is 1.26. The molecule has 0 aliphatic carbocycles. The lowest BCUT2D eigenvalue weighted by molar-refractivity contribution is -0.142. The molecule has 1 N–H and O–H groups in total. The van der Waals surface area contributed by atoms with Crippen LogP contribution < -0.4 is 5.32 Å². The Morgan fingerprint density at radius 3 is 2.83 bits per heavy atom. The van der Waals surface area contributed by atoms with Crippen molar-refractivity contribution in [1.29, 1.82) is 0 Å². The van der Waals surface area contributed by atoms with Gasteiger partial charge in [-0.1, -0.05) is 29.9 Å². The molecule has 0 radical (unpaired) electrons. The number of carbonyl (C=O) groups is 2. The summed E-state index contributed by atoms with van der Waals surface area (Å²) < 4.78 is 6.75. The monoisotopic (exact) mass is 348 g/mol. The van der Waals surface area contributed by atoms with Crippen molar-refractivity contribution >= 4 is 23.8 Å². The van der Waals surface area contributed by atoms with E-state index in [4.69, 9.17) is 0 Å². The molecule has 24 heavy (non-hydrogen) atoms. The average Bonchev–Trinajstić information content (AvgIpc) is 2.60. The fourth-order valence-electron chi connectivity index (χ4n) is 1.90. The van der Waals surface area contributed by atoms with Crippen molar-refractivity contribution in [2.45, 2.75) is 25.8 Å². The Balaban J connectivity index is 2.60. The van der Waals surface area contributed by atoms with Crippen molar-refractivity contribution < 1.29 is 14.3 Å². The molecule has 5 nitrogen and oxygen atoms in total. The fourth-order valence-corrected chi connectivity index (χ4v) is 2.21. The molecule has 1 aromatic carbocycles. The number of ether oxygens (including phenoxy) is 1. The summed E-state index contributed by atoms with van der Waals surface area (Å²) in [6.07, 6.45) is 3.85. The van der Waals surface area contributed by atoms with Gasteiger partial charge < -0.3 is 10.1 Å². The lowest BCUT2D eigenvalue weighted by atomic mass is 10.1. The van der Waals surface area contributed by atoms with E-state index in [9.17, 15) is 9.59 Å². The zero-order valence-corrected chi connectivity index (χ0v) is 15.4. The minimum atomic E-state index is -0.689. The Hall–Kier alpha value is -1.97. The number of benzene rings is 1. The molecule has 0 aliphatic rings. The number of amides is 1. The first-order chi connectivity index (χ1) is 11.5. The molecule has 0 heterocycles. The molecule has 0 unspecified atom stereocenters. The summed E-state index contributed by atoms with van der Waals surface area (Å²) in [6.45, 7) is 2.57. The highest BCUT2D eigenvalue weighted by Gasteiger charge is 2.16. The first-order valence-electron chi connectivity index (χ1n) is 7.70. The molecular formula is C18H24N2O3S. The largest absolute Gasteiger partial charge is 0.467 e. The van der Waals surface area contributed by atoms with Crippen LogP contribution in [0.15, 0.2) is 24.3 Å². The highest BCUT2D eigenvalue weighted by Crippen LogP contribution is 2.06. The summed E-state index contributed by atoms with van der Waals surface area (Å²) in [5.74, 6) is 5.40. The van der Waals surface area contributed by atoms with Crippen LogP contribution in [0.2, 0.25) is 0 Å². The van der Waals surface area contributed by atoms with E-state index < -0.39 is 12.0 Å². The minimum Gasteiger partial charge on any atom is -0.467 e. The topological polar surface area (TPSA) is 58.6 Å². The third kappa shape index (κ3) is 7.07. The second-order valence-corrected chi connectivity index (χ2v) is 6.23. The molecule has 6 heteroatoms. The molecule has 0 spiro atoms. The molecule has 0 aromatic heterocycles. The van der Waals surface area contributed by atoms with Gasteiger partial charge in [0.1, 0.15) is 6.04 Å². The lowest BCUT2D eigenvalue weighted by Crippen LogP contribution is -2.39. The van der Waals surface area contributed by atoms with E-state index in [0.29, 0.717) is 5.56 Å². The molecule has 0 fully saturated rings. The Labute approximate surface area is 148 Å². The van der Waals surface area contributed by atoms with Crippen molar-refractivity contribution in [3.63, 3.8) is 0 Å². The zero-order valence-electron chi connectivity index (χ0n) is 14.6. The number of rotatable bonds is 7. The third-order valence-electron chi connectivity index (χ3n) is 3.35. The number of esters is 1. The van der Waals surface area contributed by atoms with Crippen LogP contribution in [0.1, 0.15) is 35.7 Å². The predicted octanol–water partition coefficient (Wildman–Crippen LogP) is 2.32. The van der Waals surface area contributed by atoms with Crippen LogP contribution in [0, 0.1) is 11.8 Å². The van der Waals surface area contributed by atoms with Crippen LogP contribution in [0.3, 0.4) is 0 Å². The number of carbonyl (C=O) groups excluding carboxylic acids is 2. The van der Waals surface area contributed by atoms with Gasteiger partial charge in [0.05, 0.1) is 7.11 Å². The molecule has 1 amide bonds. The summed E-state index contributed by atoms with van der Waals surface area (Å²) in [5, 5.41) is 2.60. The lowest BCUT2D eigenvalue weighted by Gasteiger charge is -2.11. The maximum atomic E-state index is 12.1. The number of hydrogen-bond donors (Lipinski definition) is 1. The van der Waals surface area contributed by atoms with Crippen molar-refractivity contribution in [3.8, 4) is 11.8 Å². The SMILES string of the molecule is COC(=O)[C@@H](C)NC(=O)c1cccc(C#CCCCN(C)SC)c1. The molecule has 1 rings (SSSR count). The van der Waals surface area contributed by atoms with E-state index >= 15 is 0 Å². The molecule has 1 atom stereocenters. The summed E-state index contributed by atoms with van der Waals surface area (Å²) in [4.78, 5) is 23.5. The Morgan fingerprint density at radius 1 is 1.42 bits per heavy atom. The molecule has 0 bridgehead atoms. The number of hydrogen-bond acceptors (Lipinski definition) is 5. The van der Waals surface area contributed by atoms with Gasteiger partial charge in [0.2, 0.25) is 0 Å². The van der Waals surface area contributed by atoms with Gasteiger partial charge in [-0.25, -0.2) is 4.79 Å². The van der Waals surface area contributed by atoms with Crippen LogP contribution in [-0.2, 0) is 9.53 Å². The first-order valence-corrected chi connectivity index (χ1v) is 8.89. The van der Waals surface area contributed by atoms with E-state index in [1.807, 2.05) is 12.3 Å². The van der Waals surface area contributed by atoms with E-state index in [1.54, 1.807) is 37.1 Å². The number of unbranched alkanes of at least 4 members (excludes halogenated alkanes) is 1. The predicted molar refractivity (Wildman–Crippen MR) is 97.6 cm³/mol. The fraction of sp³-hybridized carbons (Fsp3) is 0.444. The van der Waals surface area contributed by atoms with E-state index in [-0.39, 0.29) is 5.91 Å². The molecule has 0 aliphatic heterocycles. The maximum absolute atomic E-state index is 12.1. The van der Waals surface area contributed by atoms with Crippen molar-refractivity contribution in [2.75, 3.05) is 27.0 Å². The maximum Gasteiger partial charge on any atom is 0.328 e. The van der Waals surface area contributed by atoms with E-state index in [2.05, 4.69) is 33.2 Å². The van der Waals surface area contributed by atoms with E-state index in [1.165, 1.54) is 7.11 Å². The molecule has 1 aromatic rings. The minimum absolute atomic E-state index is 0.321. The normalized spacial score (nSPS) is 11.4. The van der Waals surface area contributed by atoms with Crippen LogP contribution in [0.25, 0.3) is 0 Å². The molecular weight excluding hydrogens is 324 g/mol. The summed E-state index contributed by atoms with van der Waals surface area (Å²) in [6, 6.07) is 6.37. The highest BCUT2D eigenvalue weighted by molar-refractivity contribution is 7.96. The van der Waals surface area contributed by atoms with Crippen LogP contribution in [0.5, 0.6) is 0 Å². The summed E-state index contributed by atoms with van der Waals surface area (Å²) >= 11 is 1.70. The zero-order chi connectivity index (χ0) is 17.9.